The fourth-order valence-corrected chi connectivity index (χ4v) is 2.52. The van der Waals surface area contributed by atoms with Crippen LogP contribution in [0, 0.1) is 0 Å². The topological polar surface area (TPSA) is 55.5 Å². The van der Waals surface area contributed by atoms with Gasteiger partial charge in [-0.1, -0.05) is 40.2 Å². The summed E-state index contributed by atoms with van der Waals surface area (Å²) in [5.74, 6) is 1.36. The lowest BCUT2D eigenvalue weighted by atomic mass is 10.1. The molecular formula is C15H16BrNO2. The normalized spacial score (nSPS) is 12.2. The number of benzene rings is 2. The maximum Gasteiger partial charge on any atom is 0.132 e. The largest absolute Gasteiger partial charge is 0.457 e. The van der Waals surface area contributed by atoms with Crippen molar-refractivity contribution in [1.29, 1.82) is 0 Å². The molecular weight excluding hydrogens is 306 g/mol. The van der Waals surface area contributed by atoms with Crippen molar-refractivity contribution in [2.45, 2.75) is 19.6 Å². The summed E-state index contributed by atoms with van der Waals surface area (Å²) in [6, 6.07) is 13.1. The van der Waals surface area contributed by atoms with E-state index in [9.17, 15) is 5.11 Å². The van der Waals surface area contributed by atoms with Gasteiger partial charge in [0.15, 0.2) is 0 Å². The van der Waals surface area contributed by atoms with Crippen molar-refractivity contribution >= 4 is 15.9 Å². The Labute approximate surface area is 121 Å². The minimum Gasteiger partial charge on any atom is -0.457 e. The van der Waals surface area contributed by atoms with E-state index in [1.165, 1.54) is 0 Å². The molecule has 0 aliphatic rings. The smallest absolute Gasteiger partial charge is 0.132 e. The van der Waals surface area contributed by atoms with E-state index in [0.29, 0.717) is 11.5 Å². The average Bonchev–Trinajstić information content (AvgIpc) is 2.39. The van der Waals surface area contributed by atoms with E-state index in [1.807, 2.05) is 49.4 Å². The molecule has 3 nitrogen and oxygen atoms in total. The van der Waals surface area contributed by atoms with Crippen LogP contribution in [0.15, 0.2) is 46.9 Å². The Balaban J connectivity index is 2.26. The van der Waals surface area contributed by atoms with Gasteiger partial charge in [-0.25, -0.2) is 0 Å². The molecule has 0 radical (unpaired) electrons. The first-order chi connectivity index (χ1) is 9.11. The fraction of sp³-hybridized carbons (Fsp3) is 0.200. The molecule has 0 bridgehead atoms. The van der Waals surface area contributed by atoms with Crippen LogP contribution in [-0.4, -0.2) is 5.11 Å². The number of halogens is 1. The molecule has 0 aromatic heterocycles. The van der Waals surface area contributed by atoms with E-state index < -0.39 is 0 Å². The molecule has 1 atom stereocenters. The first-order valence-electron chi connectivity index (χ1n) is 6.03. The predicted octanol–water partition coefficient (Wildman–Crippen LogP) is 3.75. The number of para-hydroxylation sites is 1. The average molecular weight is 322 g/mol. The van der Waals surface area contributed by atoms with Gasteiger partial charge in [-0.3, -0.25) is 0 Å². The van der Waals surface area contributed by atoms with Crippen molar-refractivity contribution in [3.8, 4) is 11.5 Å². The van der Waals surface area contributed by atoms with Gasteiger partial charge in [0.25, 0.3) is 0 Å². The lowest BCUT2D eigenvalue weighted by molar-refractivity contribution is 0.276. The zero-order valence-corrected chi connectivity index (χ0v) is 12.2. The van der Waals surface area contributed by atoms with Crippen molar-refractivity contribution in [3.63, 3.8) is 0 Å². The molecule has 2 aromatic rings. The van der Waals surface area contributed by atoms with E-state index in [2.05, 4.69) is 15.9 Å². The number of nitrogens with two attached hydrogens (primary N) is 1. The first-order valence-corrected chi connectivity index (χ1v) is 6.82. The Morgan fingerprint density at radius 3 is 2.63 bits per heavy atom. The predicted molar refractivity (Wildman–Crippen MR) is 79.2 cm³/mol. The SMILES string of the molecule is C[C@H](N)c1ccc(Oc2ccccc2CO)cc1Br. The van der Waals surface area contributed by atoms with Gasteiger partial charge < -0.3 is 15.6 Å². The van der Waals surface area contributed by atoms with Crippen molar-refractivity contribution in [3.05, 3.63) is 58.1 Å². The molecule has 2 aromatic carbocycles. The van der Waals surface area contributed by atoms with Crippen LogP contribution in [0.4, 0.5) is 0 Å². The van der Waals surface area contributed by atoms with Gasteiger partial charge in [-0.2, -0.15) is 0 Å². The van der Waals surface area contributed by atoms with E-state index in [1.54, 1.807) is 0 Å². The number of hydrogen-bond acceptors (Lipinski definition) is 3. The molecule has 19 heavy (non-hydrogen) atoms. The van der Waals surface area contributed by atoms with Gasteiger partial charge in [0, 0.05) is 16.1 Å². The third-order valence-electron chi connectivity index (χ3n) is 2.83. The molecule has 0 amide bonds. The molecule has 2 rings (SSSR count). The first kappa shape index (κ1) is 14.1. The van der Waals surface area contributed by atoms with Crippen LogP contribution < -0.4 is 10.5 Å². The van der Waals surface area contributed by atoms with Crippen LogP contribution in [0.25, 0.3) is 0 Å². The monoisotopic (exact) mass is 321 g/mol. The summed E-state index contributed by atoms with van der Waals surface area (Å²) < 4.78 is 6.70. The highest BCUT2D eigenvalue weighted by Crippen LogP contribution is 2.30. The Bertz CT molecular complexity index is 570. The third-order valence-corrected chi connectivity index (χ3v) is 3.52. The Morgan fingerprint density at radius 2 is 2.00 bits per heavy atom. The van der Waals surface area contributed by atoms with Crippen LogP contribution in [0.5, 0.6) is 11.5 Å². The third kappa shape index (κ3) is 3.35. The van der Waals surface area contributed by atoms with Crippen molar-refractivity contribution in [2.75, 3.05) is 0 Å². The minimum atomic E-state index is -0.0464. The summed E-state index contributed by atoms with van der Waals surface area (Å²) in [5, 5.41) is 9.26. The summed E-state index contributed by atoms with van der Waals surface area (Å²) in [6.07, 6.45) is 0. The lowest BCUT2D eigenvalue weighted by Crippen LogP contribution is -2.05. The minimum absolute atomic E-state index is 0.0341. The number of aliphatic hydroxyl groups excluding tert-OH is 1. The summed E-state index contributed by atoms with van der Waals surface area (Å²) in [5.41, 5.74) is 7.65. The molecule has 0 saturated heterocycles. The fourth-order valence-electron chi connectivity index (χ4n) is 1.80. The highest BCUT2D eigenvalue weighted by Gasteiger charge is 2.08. The molecule has 4 heteroatoms. The van der Waals surface area contributed by atoms with Crippen LogP contribution in [0.3, 0.4) is 0 Å². The zero-order chi connectivity index (χ0) is 13.8. The van der Waals surface area contributed by atoms with Crippen LogP contribution in [-0.2, 0) is 6.61 Å². The van der Waals surface area contributed by atoms with Gasteiger partial charge in [0.05, 0.1) is 6.61 Å². The maximum atomic E-state index is 9.26. The quantitative estimate of drug-likeness (QED) is 0.901. The summed E-state index contributed by atoms with van der Waals surface area (Å²) >= 11 is 3.49. The van der Waals surface area contributed by atoms with E-state index in [-0.39, 0.29) is 12.6 Å². The zero-order valence-electron chi connectivity index (χ0n) is 10.6. The van der Waals surface area contributed by atoms with E-state index in [0.717, 1.165) is 15.6 Å². The van der Waals surface area contributed by atoms with E-state index >= 15 is 0 Å². The number of hydrogen-bond donors (Lipinski definition) is 2. The highest BCUT2D eigenvalue weighted by atomic mass is 79.9. The Kier molecular flexibility index (Phi) is 4.58. The molecule has 0 heterocycles. The summed E-state index contributed by atoms with van der Waals surface area (Å²) in [6.45, 7) is 1.89. The van der Waals surface area contributed by atoms with Gasteiger partial charge in [0.1, 0.15) is 11.5 Å². The highest BCUT2D eigenvalue weighted by molar-refractivity contribution is 9.10. The van der Waals surface area contributed by atoms with Gasteiger partial charge >= 0.3 is 0 Å². The van der Waals surface area contributed by atoms with Gasteiger partial charge in [0.2, 0.25) is 0 Å². The Morgan fingerprint density at radius 1 is 1.26 bits per heavy atom. The van der Waals surface area contributed by atoms with Crippen LogP contribution >= 0.6 is 15.9 Å². The second kappa shape index (κ2) is 6.19. The second-order valence-corrected chi connectivity index (χ2v) is 5.19. The molecule has 100 valence electrons. The van der Waals surface area contributed by atoms with Crippen LogP contribution in [0.2, 0.25) is 0 Å². The summed E-state index contributed by atoms with van der Waals surface area (Å²) in [7, 11) is 0. The van der Waals surface area contributed by atoms with Crippen LogP contribution in [0.1, 0.15) is 24.1 Å². The molecule has 0 aliphatic heterocycles. The number of ether oxygens (including phenoxy) is 1. The van der Waals surface area contributed by atoms with Crippen molar-refractivity contribution < 1.29 is 9.84 Å². The second-order valence-electron chi connectivity index (χ2n) is 4.34. The van der Waals surface area contributed by atoms with Gasteiger partial charge in [-0.05, 0) is 30.7 Å². The lowest BCUT2D eigenvalue weighted by Gasteiger charge is -2.13. The molecule has 0 aliphatic carbocycles. The van der Waals surface area contributed by atoms with E-state index in [4.69, 9.17) is 10.5 Å². The molecule has 0 fully saturated rings. The Hall–Kier alpha value is -1.36. The molecule has 3 N–H and O–H groups in total. The van der Waals surface area contributed by atoms with Gasteiger partial charge in [-0.15, -0.1) is 0 Å². The number of aliphatic hydroxyl groups is 1. The molecule has 0 saturated carbocycles. The molecule has 0 spiro atoms. The number of rotatable bonds is 4. The standard InChI is InChI=1S/C15H16BrNO2/c1-10(17)13-7-6-12(8-14(13)16)19-15-5-3-2-4-11(15)9-18/h2-8,10,18H,9,17H2,1H3/t10-/m0/s1. The summed E-state index contributed by atoms with van der Waals surface area (Å²) in [4.78, 5) is 0. The maximum absolute atomic E-state index is 9.26. The molecule has 0 unspecified atom stereocenters. The van der Waals surface area contributed by atoms with Crippen molar-refractivity contribution in [1.82, 2.24) is 0 Å². The van der Waals surface area contributed by atoms with Crippen molar-refractivity contribution in [2.24, 2.45) is 5.73 Å².